The molecule has 0 radical (unpaired) electrons. The highest BCUT2D eigenvalue weighted by Crippen LogP contribution is 2.50. The van der Waals surface area contributed by atoms with E-state index >= 15 is 0 Å². The van der Waals surface area contributed by atoms with Gasteiger partial charge in [0.1, 0.15) is 36.6 Å². The van der Waals surface area contributed by atoms with Gasteiger partial charge in [0.05, 0.1) is 97.8 Å². The molecule has 2 aliphatic carbocycles. The molecular weight excluding hydrogens is 1400 g/mol. The first-order valence-corrected chi connectivity index (χ1v) is 34.6. The third-order valence-corrected chi connectivity index (χ3v) is 22.4. The van der Waals surface area contributed by atoms with Crippen molar-refractivity contribution in [1.82, 2.24) is 10.8 Å². The smallest absolute Gasteiger partial charge is 0.373 e. The van der Waals surface area contributed by atoms with E-state index in [4.69, 9.17) is 71.3 Å². The number of hydrogen-bond acceptors (Lipinski definition) is 28. The summed E-state index contributed by atoms with van der Waals surface area (Å²) in [6.07, 6.45) is -12.9. The van der Waals surface area contributed by atoms with Crippen LogP contribution in [0.3, 0.4) is 0 Å². The van der Waals surface area contributed by atoms with Crippen molar-refractivity contribution in [2.24, 2.45) is 0 Å². The molecule has 0 saturated carbocycles. The summed E-state index contributed by atoms with van der Waals surface area (Å²) in [4.78, 5) is 64.5. The summed E-state index contributed by atoms with van der Waals surface area (Å²) in [5.41, 5.74) is 2.82. The molecule has 29 heteroatoms. The van der Waals surface area contributed by atoms with Crippen molar-refractivity contribution in [3.05, 3.63) is 85.5 Å². The largest absolute Gasteiger partial charge is 0.492 e. The monoisotopic (exact) mass is 1480 g/mol. The van der Waals surface area contributed by atoms with E-state index in [0.717, 1.165) is 17.3 Å². The van der Waals surface area contributed by atoms with E-state index in [1.54, 1.807) is 51.7 Å². The number of carbonyl (C=O) groups excluding carboxylic acids is 5. The number of likely N-dealkylation sites (N-methyl/N-ethyl adjacent to an activating group) is 1. The average molecular weight is 1480 g/mol. The Morgan fingerprint density at radius 1 is 0.862 bits per heavy atom. The maximum atomic E-state index is 14.5. The number of ether oxygens (including phenoxy) is 12. The third kappa shape index (κ3) is 18.2. The first kappa shape index (κ1) is 76.9. The normalized spacial score (nSPS) is 33.3. The van der Waals surface area contributed by atoms with Crippen LogP contribution in [0.25, 0.3) is 0 Å². The molecule has 7 N–H and O–H groups in total. The second-order valence-corrected chi connectivity index (χ2v) is 28.3. The zero-order valence-corrected chi connectivity index (χ0v) is 58.8. The van der Waals surface area contributed by atoms with E-state index in [0.29, 0.717) is 21.4 Å². The summed E-state index contributed by atoms with van der Waals surface area (Å²) in [7, 11) is 10.0. The number of hydrogen-bond donors (Lipinski definition) is 7. The number of aliphatic hydroxyl groups excluding tert-OH is 4. The molecular formula is C65H83IN2O23S3. The van der Waals surface area contributed by atoms with Crippen LogP contribution in [0.2, 0.25) is 0 Å². The number of allylic oxidation sites excluding steroid dienone is 2. The molecule has 2 aromatic carbocycles. The van der Waals surface area contributed by atoms with Crippen molar-refractivity contribution in [3.8, 4) is 40.9 Å². The Kier molecular flexibility index (Phi) is 28.9. The minimum absolute atomic E-state index is 0.0102. The Morgan fingerprint density at radius 3 is 2.20 bits per heavy atom. The van der Waals surface area contributed by atoms with E-state index in [1.807, 2.05) is 47.7 Å². The molecule has 0 aromatic heterocycles. The van der Waals surface area contributed by atoms with Gasteiger partial charge in [-0.15, -0.1) is 0 Å². The number of aliphatic hydroxyl groups is 5. The first-order valence-electron chi connectivity index (χ1n) is 30.3. The maximum absolute atomic E-state index is 14.5. The average Bonchev–Trinajstić information content (AvgIpc) is 0.760. The van der Waals surface area contributed by atoms with Gasteiger partial charge in [-0.3, -0.25) is 19.2 Å². The lowest BCUT2D eigenvalue weighted by Gasteiger charge is -2.46. The Hall–Kier alpha value is -4.49. The van der Waals surface area contributed by atoms with Crippen molar-refractivity contribution >= 4 is 79.0 Å². The van der Waals surface area contributed by atoms with Gasteiger partial charge < -0.3 is 87.7 Å². The molecule has 4 heterocycles. The van der Waals surface area contributed by atoms with Crippen LogP contribution in [-0.4, -0.2) is 218 Å². The number of esters is 1. The Labute approximate surface area is 572 Å². The maximum Gasteiger partial charge on any atom is 0.373 e. The Bertz CT molecular complexity index is 3210. The number of methoxy groups -OCH3 is 5. The molecule has 4 aliphatic heterocycles. The Balaban J connectivity index is 0.00000409. The van der Waals surface area contributed by atoms with Crippen LogP contribution in [0.15, 0.2) is 65.3 Å². The summed E-state index contributed by atoms with van der Waals surface area (Å²) in [5.74, 6) is 10.9. The molecule has 516 valence electrons. The van der Waals surface area contributed by atoms with E-state index in [2.05, 4.69) is 60.5 Å². The lowest BCUT2D eigenvalue weighted by molar-refractivity contribution is -0.336. The number of thioether (sulfide) groups is 1. The van der Waals surface area contributed by atoms with E-state index in [1.165, 1.54) is 51.4 Å². The van der Waals surface area contributed by atoms with Crippen LogP contribution in [0.1, 0.15) is 88.7 Å². The highest BCUT2D eigenvalue weighted by atomic mass is 127. The minimum atomic E-state index is -2.06. The van der Waals surface area contributed by atoms with Gasteiger partial charge in [-0.1, -0.05) is 100 Å². The predicted molar refractivity (Wildman–Crippen MR) is 352 cm³/mol. The quantitative estimate of drug-likeness (QED) is 0.0190. The summed E-state index contributed by atoms with van der Waals surface area (Å²) >= 11 is 2.83. The second-order valence-electron chi connectivity index (χ2n) is 23.1. The molecule has 4 fully saturated rings. The van der Waals surface area contributed by atoms with E-state index in [-0.39, 0.29) is 82.0 Å². The molecule has 0 spiro atoms. The van der Waals surface area contributed by atoms with Crippen molar-refractivity contribution in [2.75, 3.05) is 54.5 Å². The van der Waals surface area contributed by atoms with Gasteiger partial charge in [-0.05, 0) is 94.0 Å². The number of hydroxylamine groups is 1. The minimum Gasteiger partial charge on any atom is -0.492 e. The van der Waals surface area contributed by atoms with Crippen LogP contribution in [0.5, 0.6) is 17.2 Å². The number of fused-ring (bicyclic) bond motifs is 2. The SMILES string of the molecule is CCN[C@H]1CO[C@@H](O[C@H]2[C@H](O[C@H]3C#C/C=C\C#C[C@]4(O)CC(=O)C(CC(=O)OC)=C3C4=CCSSC(C)(C)c3ccccc3)O[C@H](C)[C@@H](NO[C@H]3C[C@H](O)[C@H](SC(=O)c4c(C)c(I)c(O[C@@H]5O[C@@H](C)[C@H](O)[C@@H](OC)[C@H]5O)c(OC)c4OC)[C@@H](C)O3)[C@@H]2O)C[C@@H]1OC.O=C=O. The van der Waals surface area contributed by atoms with Crippen LogP contribution in [-0.2, 0) is 71.4 Å². The van der Waals surface area contributed by atoms with E-state index < -0.39 is 133 Å². The lowest BCUT2D eigenvalue weighted by Crippen LogP contribution is -2.65. The van der Waals surface area contributed by atoms with E-state index in [9.17, 15) is 39.9 Å². The molecule has 6 aliphatic rings. The van der Waals surface area contributed by atoms with Gasteiger partial charge >= 0.3 is 12.1 Å². The highest BCUT2D eigenvalue weighted by Gasteiger charge is 2.52. The number of ketones is 1. The fraction of sp³-hybridized carbons (Fsp3) is 0.600. The van der Waals surface area contributed by atoms with Crippen molar-refractivity contribution in [1.29, 1.82) is 0 Å². The fourth-order valence-electron chi connectivity index (χ4n) is 11.7. The van der Waals surface area contributed by atoms with Crippen LogP contribution in [0.4, 0.5) is 0 Å². The number of halogens is 1. The first-order chi connectivity index (χ1) is 44.8. The van der Waals surface area contributed by atoms with Gasteiger partial charge in [0.2, 0.25) is 17.2 Å². The summed E-state index contributed by atoms with van der Waals surface area (Å²) in [6, 6.07) is 8.74. The Morgan fingerprint density at radius 2 is 1.55 bits per heavy atom. The summed E-state index contributed by atoms with van der Waals surface area (Å²) in [5, 5.41) is 60.7. The molecule has 2 bridgehead atoms. The number of Topliss-reactive ketones (excluding diaryl/α,β-unsaturated/α-hetero) is 1. The van der Waals surface area contributed by atoms with Gasteiger partial charge in [-0.2, -0.15) is 15.1 Å². The predicted octanol–water partition coefficient (Wildman–Crippen LogP) is 4.52. The lowest BCUT2D eigenvalue weighted by atomic mass is 9.72. The van der Waals surface area contributed by atoms with Gasteiger partial charge in [0.15, 0.2) is 41.8 Å². The molecule has 19 atom stereocenters. The molecule has 0 unspecified atom stereocenters. The van der Waals surface area contributed by atoms with Crippen molar-refractivity contribution in [2.45, 2.75) is 194 Å². The van der Waals surface area contributed by atoms with Crippen LogP contribution >= 0.6 is 55.9 Å². The molecule has 4 saturated heterocycles. The summed E-state index contributed by atoms with van der Waals surface area (Å²) < 4.78 is 72.9. The van der Waals surface area contributed by atoms with Crippen LogP contribution < -0.4 is 25.0 Å². The topological polar surface area (TPSA) is 331 Å². The number of benzene rings is 2. The fourth-order valence-corrected chi connectivity index (χ4v) is 15.9. The van der Waals surface area contributed by atoms with Gasteiger partial charge in [-0.25, -0.2) is 0 Å². The number of rotatable bonds is 24. The number of carbonyl (C=O) groups is 3. The molecule has 94 heavy (non-hydrogen) atoms. The van der Waals surface area contributed by atoms with Gasteiger partial charge in [0.25, 0.3) is 0 Å². The third-order valence-electron chi connectivity index (χ3n) is 16.6. The van der Waals surface area contributed by atoms with Crippen molar-refractivity contribution in [3.63, 3.8) is 0 Å². The van der Waals surface area contributed by atoms with Gasteiger partial charge in [0, 0.05) is 54.3 Å². The zero-order valence-electron chi connectivity index (χ0n) is 54.1. The standard InChI is InChI=1S/C64H83IN2O21S3.CO2/c1-13-66-39-31-81-45(29-43(39)76-8)86-57-52(72)50(67-88-46-28-40(68)59(35(5)82-46)90-60(74)47-32(2)49(65)55(58(80-12)54(47)78-10)87-61-53(73)56(79-11)51(71)34(4)84-61)33(3)83-62(57)85-42-23-19-14-15-20-25-64(75)30-41(69)37(27-44(70)77-9)48(42)38(64)24-26-89-91-63(6,7)36-21-17-16-18-22-36;2-1-3/h14-18,21-22,24,33-35,39-40,42-43,45-46,50-53,56-57,59,61-62,66-68,71-73,75H,13,26-31H2,1-12H3;/b15-14-,38-24?;/t33-,34+,35-,39+,40+,42+,43+,45+,46+,50-,51+,52+,53-,56-,57-,59-,61+,62+,64+;/m1./s1. The number of nitrogens with one attached hydrogen (secondary N) is 2. The second kappa shape index (κ2) is 35.3. The molecule has 8 rings (SSSR count). The zero-order chi connectivity index (χ0) is 68.8. The molecule has 0 amide bonds. The van der Waals surface area contributed by atoms with Crippen molar-refractivity contribution < 1.29 is 111 Å². The highest BCUT2D eigenvalue weighted by molar-refractivity contribution is 14.1. The molecule has 25 nitrogen and oxygen atoms in total. The summed E-state index contributed by atoms with van der Waals surface area (Å²) in [6.45, 7) is 13.7. The molecule has 2 aromatic rings. The van der Waals surface area contributed by atoms with Crippen LogP contribution in [0, 0.1) is 34.2 Å².